The summed E-state index contributed by atoms with van der Waals surface area (Å²) in [5.74, 6) is 0.484. The summed E-state index contributed by atoms with van der Waals surface area (Å²) in [5.41, 5.74) is 0. The van der Waals surface area contributed by atoms with Crippen molar-refractivity contribution in [2.24, 2.45) is 11.8 Å². The Morgan fingerprint density at radius 1 is 1.56 bits per heavy atom. The molecule has 102 valence electrons. The average Bonchev–Trinajstić information content (AvgIpc) is 2.89. The molecule has 3 atom stereocenters. The van der Waals surface area contributed by atoms with Crippen LogP contribution in [0.1, 0.15) is 26.7 Å². The summed E-state index contributed by atoms with van der Waals surface area (Å²) in [6.07, 6.45) is 1.68. The summed E-state index contributed by atoms with van der Waals surface area (Å²) >= 11 is 0. The number of carbonyl (C=O) groups excluding carboxylic acids is 2. The molecule has 2 saturated heterocycles. The third-order valence-electron chi connectivity index (χ3n) is 3.88. The molecule has 18 heavy (non-hydrogen) atoms. The normalized spacial score (nSPS) is 28.7. The van der Waals surface area contributed by atoms with E-state index >= 15 is 0 Å². The van der Waals surface area contributed by atoms with Gasteiger partial charge in [0.25, 0.3) is 0 Å². The number of methoxy groups -OCH3 is 1. The summed E-state index contributed by atoms with van der Waals surface area (Å²) < 4.78 is 4.84. The lowest BCUT2D eigenvalue weighted by Crippen LogP contribution is -2.47. The van der Waals surface area contributed by atoms with Crippen LogP contribution in [0.5, 0.6) is 0 Å². The lowest BCUT2D eigenvalue weighted by Gasteiger charge is -2.27. The second kappa shape index (κ2) is 5.26. The van der Waals surface area contributed by atoms with Crippen LogP contribution in [0.4, 0.5) is 0 Å². The van der Waals surface area contributed by atoms with E-state index in [-0.39, 0.29) is 17.9 Å². The number of rotatable bonds is 4. The zero-order valence-corrected chi connectivity index (χ0v) is 11.3. The number of hydrogen-bond acceptors (Lipinski definition) is 4. The quantitative estimate of drug-likeness (QED) is 0.738. The van der Waals surface area contributed by atoms with E-state index in [2.05, 4.69) is 19.2 Å². The van der Waals surface area contributed by atoms with Gasteiger partial charge in [-0.2, -0.15) is 0 Å². The molecule has 0 saturated carbocycles. The van der Waals surface area contributed by atoms with E-state index in [1.54, 1.807) is 4.90 Å². The van der Waals surface area contributed by atoms with Gasteiger partial charge >= 0.3 is 5.97 Å². The van der Waals surface area contributed by atoms with Crippen molar-refractivity contribution >= 4 is 11.9 Å². The van der Waals surface area contributed by atoms with Crippen LogP contribution < -0.4 is 5.32 Å². The van der Waals surface area contributed by atoms with Crippen molar-refractivity contribution in [3.8, 4) is 0 Å². The van der Waals surface area contributed by atoms with Crippen molar-refractivity contribution in [1.29, 1.82) is 0 Å². The van der Waals surface area contributed by atoms with Gasteiger partial charge in [-0.1, -0.05) is 13.8 Å². The number of nitrogens with zero attached hydrogens (tertiary/aromatic N) is 1. The Morgan fingerprint density at radius 3 is 2.83 bits per heavy atom. The molecule has 0 spiro atoms. The Bertz CT molecular complexity index is 343. The lowest BCUT2D eigenvalue weighted by molar-refractivity contribution is -0.152. The molecule has 0 bridgehead atoms. The van der Waals surface area contributed by atoms with E-state index in [1.807, 2.05) is 0 Å². The minimum atomic E-state index is -0.421. The van der Waals surface area contributed by atoms with E-state index in [0.29, 0.717) is 24.8 Å². The maximum Gasteiger partial charge on any atom is 0.328 e. The number of esters is 1. The van der Waals surface area contributed by atoms with Gasteiger partial charge in [0.2, 0.25) is 5.91 Å². The SMILES string of the molecule is COC(=O)[C@H](CC(C)C)N1C[C@@H]2CCN[C@@H]2C1=O. The summed E-state index contributed by atoms with van der Waals surface area (Å²) in [7, 11) is 1.38. The van der Waals surface area contributed by atoms with E-state index in [4.69, 9.17) is 4.74 Å². The first-order chi connectivity index (χ1) is 8.54. The smallest absolute Gasteiger partial charge is 0.328 e. The molecular weight excluding hydrogens is 232 g/mol. The summed E-state index contributed by atoms with van der Waals surface area (Å²) in [6, 6.07) is -0.501. The molecule has 1 N–H and O–H groups in total. The number of nitrogens with one attached hydrogen (secondary N) is 1. The van der Waals surface area contributed by atoms with Crippen molar-refractivity contribution in [1.82, 2.24) is 10.2 Å². The Morgan fingerprint density at radius 2 is 2.28 bits per heavy atom. The van der Waals surface area contributed by atoms with E-state index in [0.717, 1.165) is 13.0 Å². The van der Waals surface area contributed by atoms with Gasteiger partial charge in [0.05, 0.1) is 13.2 Å². The summed E-state index contributed by atoms with van der Waals surface area (Å²) in [5, 5.41) is 3.22. The van der Waals surface area contributed by atoms with Crippen LogP contribution >= 0.6 is 0 Å². The van der Waals surface area contributed by atoms with E-state index in [1.165, 1.54) is 7.11 Å². The predicted molar refractivity (Wildman–Crippen MR) is 66.9 cm³/mol. The number of fused-ring (bicyclic) bond motifs is 1. The third kappa shape index (κ3) is 2.36. The molecule has 2 aliphatic heterocycles. The minimum absolute atomic E-state index is 0.0635. The fourth-order valence-electron chi connectivity index (χ4n) is 2.98. The monoisotopic (exact) mass is 254 g/mol. The first-order valence-electron chi connectivity index (χ1n) is 6.66. The predicted octanol–water partition coefficient (Wildman–Crippen LogP) is 0.394. The Balaban J connectivity index is 2.11. The van der Waals surface area contributed by atoms with Crippen LogP contribution in [0, 0.1) is 11.8 Å². The molecule has 2 rings (SSSR count). The Kier molecular flexibility index (Phi) is 3.90. The van der Waals surface area contributed by atoms with Crippen LogP contribution in [0.15, 0.2) is 0 Å². The molecule has 2 aliphatic rings. The lowest BCUT2D eigenvalue weighted by atomic mass is 10.0. The number of amides is 1. The van der Waals surface area contributed by atoms with Crippen LogP contribution in [0.2, 0.25) is 0 Å². The molecule has 5 heteroatoms. The Labute approximate surface area is 108 Å². The number of carbonyl (C=O) groups is 2. The van der Waals surface area contributed by atoms with Crippen molar-refractivity contribution in [3.05, 3.63) is 0 Å². The highest BCUT2D eigenvalue weighted by Crippen LogP contribution is 2.29. The van der Waals surface area contributed by atoms with Crippen molar-refractivity contribution in [3.63, 3.8) is 0 Å². The van der Waals surface area contributed by atoms with Gasteiger partial charge in [-0.15, -0.1) is 0 Å². The average molecular weight is 254 g/mol. The Hall–Kier alpha value is -1.10. The van der Waals surface area contributed by atoms with Crippen LogP contribution in [-0.2, 0) is 14.3 Å². The number of hydrogen-bond donors (Lipinski definition) is 1. The van der Waals surface area contributed by atoms with Gasteiger partial charge in [-0.25, -0.2) is 4.79 Å². The van der Waals surface area contributed by atoms with Crippen LogP contribution in [-0.4, -0.2) is 49.1 Å². The zero-order chi connectivity index (χ0) is 13.3. The molecule has 0 radical (unpaired) electrons. The largest absolute Gasteiger partial charge is 0.467 e. The molecule has 0 aromatic heterocycles. The van der Waals surface area contributed by atoms with Gasteiger partial charge in [0.15, 0.2) is 0 Å². The molecule has 0 aromatic carbocycles. The highest BCUT2D eigenvalue weighted by Gasteiger charge is 2.47. The van der Waals surface area contributed by atoms with Gasteiger partial charge in [-0.05, 0) is 25.3 Å². The molecule has 5 nitrogen and oxygen atoms in total. The van der Waals surface area contributed by atoms with Gasteiger partial charge in [0, 0.05) is 12.5 Å². The summed E-state index contributed by atoms with van der Waals surface area (Å²) in [6.45, 7) is 5.69. The molecule has 2 fully saturated rings. The fraction of sp³-hybridized carbons (Fsp3) is 0.846. The topological polar surface area (TPSA) is 58.6 Å². The molecule has 0 unspecified atom stereocenters. The van der Waals surface area contributed by atoms with Crippen molar-refractivity contribution < 1.29 is 14.3 Å². The molecule has 0 aromatic rings. The number of ether oxygens (including phenoxy) is 1. The van der Waals surface area contributed by atoms with Gasteiger partial charge < -0.3 is 15.0 Å². The highest BCUT2D eigenvalue weighted by molar-refractivity contribution is 5.90. The maximum atomic E-state index is 12.3. The molecule has 1 amide bonds. The van der Waals surface area contributed by atoms with E-state index < -0.39 is 6.04 Å². The minimum Gasteiger partial charge on any atom is -0.467 e. The first-order valence-corrected chi connectivity index (χ1v) is 6.66. The fourth-order valence-corrected chi connectivity index (χ4v) is 2.98. The number of likely N-dealkylation sites (tertiary alicyclic amines) is 1. The van der Waals surface area contributed by atoms with Crippen molar-refractivity contribution in [2.45, 2.75) is 38.8 Å². The zero-order valence-electron chi connectivity index (χ0n) is 11.3. The van der Waals surface area contributed by atoms with Crippen LogP contribution in [0.3, 0.4) is 0 Å². The van der Waals surface area contributed by atoms with Gasteiger partial charge in [-0.3, -0.25) is 4.79 Å². The standard InChI is InChI=1S/C13H22N2O3/c1-8(2)6-10(13(17)18-3)15-7-9-4-5-14-11(9)12(15)16/h8-11,14H,4-7H2,1-3H3/t9-,10-,11-/m0/s1. The molecule has 2 heterocycles. The van der Waals surface area contributed by atoms with Crippen LogP contribution in [0.25, 0.3) is 0 Å². The third-order valence-corrected chi connectivity index (χ3v) is 3.88. The van der Waals surface area contributed by atoms with Gasteiger partial charge in [0.1, 0.15) is 6.04 Å². The second-order valence-electron chi connectivity index (χ2n) is 5.64. The summed E-state index contributed by atoms with van der Waals surface area (Å²) in [4.78, 5) is 25.9. The molecule has 0 aliphatic carbocycles. The van der Waals surface area contributed by atoms with Crippen molar-refractivity contribution in [2.75, 3.05) is 20.2 Å². The molecular formula is C13H22N2O3. The second-order valence-corrected chi connectivity index (χ2v) is 5.64. The van der Waals surface area contributed by atoms with E-state index in [9.17, 15) is 9.59 Å². The maximum absolute atomic E-state index is 12.3. The first kappa shape index (κ1) is 13.3. The highest BCUT2D eigenvalue weighted by atomic mass is 16.5.